The fourth-order valence-corrected chi connectivity index (χ4v) is 1.82. The van der Waals surface area contributed by atoms with Crippen molar-refractivity contribution in [2.24, 2.45) is 0 Å². The molecule has 1 aromatic rings. The molecule has 0 atom stereocenters. The zero-order valence-corrected chi connectivity index (χ0v) is 8.25. The van der Waals surface area contributed by atoms with Gasteiger partial charge in [-0.25, -0.2) is 4.68 Å². The first-order valence-electron chi connectivity index (χ1n) is 4.82. The Labute approximate surface area is 78.3 Å². The van der Waals surface area contributed by atoms with E-state index in [4.69, 9.17) is 5.73 Å². The predicted molar refractivity (Wildman–Crippen MR) is 52.1 cm³/mol. The highest BCUT2D eigenvalue weighted by Crippen LogP contribution is 2.26. The molecule has 0 spiro atoms. The average Bonchev–Trinajstić information content (AvgIpc) is 2.65. The minimum atomic E-state index is 0.855. The van der Waals surface area contributed by atoms with Crippen molar-refractivity contribution in [3.8, 4) is 0 Å². The molecule has 72 valence electrons. The highest BCUT2D eigenvalue weighted by molar-refractivity contribution is 5.45. The van der Waals surface area contributed by atoms with E-state index in [1.165, 1.54) is 11.3 Å². The summed E-state index contributed by atoms with van der Waals surface area (Å²) in [7, 11) is 0. The SMILES string of the molecule is CCN1Cc2nn(CC)c(N)c2C1. The molecule has 1 aliphatic rings. The fraction of sp³-hybridized carbons (Fsp3) is 0.667. The Morgan fingerprint density at radius 3 is 2.62 bits per heavy atom. The summed E-state index contributed by atoms with van der Waals surface area (Å²) >= 11 is 0. The van der Waals surface area contributed by atoms with E-state index in [-0.39, 0.29) is 0 Å². The lowest BCUT2D eigenvalue weighted by molar-refractivity contribution is 0.295. The van der Waals surface area contributed by atoms with Gasteiger partial charge in [0, 0.05) is 25.2 Å². The first-order valence-corrected chi connectivity index (χ1v) is 4.82. The van der Waals surface area contributed by atoms with Gasteiger partial charge in [0.05, 0.1) is 5.69 Å². The number of hydrogen-bond donors (Lipinski definition) is 1. The van der Waals surface area contributed by atoms with Crippen LogP contribution >= 0.6 is 0 Å². The van der Waals surface area contributed by atoms with Crippen molar-refractivity contribution >= 4 is 5.82 Å². The number of nitrogen functional groups attached to an aromatic ring is 1. The van der Waals surface area contributed by atoms with Crippen LogP contribution in [0.3, 0.4) is 0 Å². The molecule has 4 nitrogen and oxygen atoms in total. The second-order valence-electron chi connectivity index (χ2n) is 3.43. The largest absolute Gasteiger partial charge is 0.384 e. The van der Waals surface area contributed by atoms with Crippen molar-refractivity contribution in [1.82, 2.24) is 14.7 Å². The zero-order valence-electron chi connectivity index (χ0n) is 8.25. The first kappa shape index (κ1) is 8.56. The molecule has 0 amide bonds. The monoisotopic (exact) mass is 180 g/mol. The summed E-state index contributed by atoms with van der Waals surface area (Å²) in [5.41, 5.74) is 8.36. The Morgan fingerprint density at radius 1 is 1.31 bits per heavy atom. The van der Waals surface area contributed by atoms with Gasteiger partial charge in [0.1, 0.15) is 5.82 Å². The fourth-order valence-electron chi connectivity index (χ4n) is 1.82. The summed E-state index contributed by atoms with van der Waals surface area (Å²) in [6, 6.07) is 0. The number of hydrogen-bond acceptors (Lipinski definition) is 3. The molecular weight excluding hydrogens is 164 g/mol. The number of nitrogens with two attached hydrogens (primary N) is 1. The van der Waals surface area contributed by atoms with Crippen LogP contribution in [0.5, 0.6) is 0 Å². The second kappa shape index (κ2) is 3.03. The van der Waals surface area contributed by atoms with Crippen molar-refractivity contribution in [1.29, 1.82) is 0 Å². The summed E-state index contributed by atoms with van der Waals surface area (Å²) in [5.74, 6) is 0.855. The van der Waals surface area contributed by atoms with Gasteiger partial charge < -0.3 is 5.73 Å². The van der Waals surface area contributed by atoms with Gasteiger partial charge in [-0.1, -0.05) is 6.92 Å². The van der Waals surface area contributed by atoms with Crippen LogP contribution in [0.25, 0.3) is 0 Å². The molecule has 0 saturated carbocycles. The molecule has 0 bridgehead atoms. The third-order valence-electron chi connectivity index (χ3n) is 2.68. The molecule has 0 fully saturated rings. The van der Waals surface area contributed by atoms with Gasteiger partial charge in [-0.05, 0) is 13.5 Å². The van der Waals surface area contributed by atoms with Crippen molar-refractivity contribution in [3.05, 3.63) is 11.3 Å². The van der Waals surface area contributed by atoms with E-state index in [1.54, 1.807) is 0 Å². The lowest BCUT2D eigenvalue weighted by atomic mass is 10.3. The van der Waals surface area contributed by atoms with E-state index in [0.717, 1.165) is 32.0 Å². The summed E-state index contributed by atoms with van der Waals surface area (Å²) in [4.78, 5) is 2.34. The van der Waals surface area contributed by atoms with Crippen LogP contribution in [0.4, 0.5) is 5.82 Å². The Balaban J connectivity index is 2.30. The van der Waals surface area contributed by atoms with Crippen molar-refractivity contribution in [3.63, 3.8) is 0 Å². The van der Waals surface area contributed by atoms with E-state index >= 15 is 0 Å². The van der Waals surface area contributed by atoms with E-state index in [9.17, 15) is 0 Å². The van der Waals surface area contributed by atoms with E-state index in [0.29, 0.717) is 0 Å². The minimum absolute atomic E-state index is 0.855. The molecule has 2 rings (SSSR count). The summed E-state index contributed by atoms with van der Waals surface area (Å²) in [6.45, 7) is 8.10. The zero-order chi connectivity index (χ0) is 9.42. The summed E-state index contributed by atoms with van der Waals surface area (Å²) < 4.78 is 1.89. The molecule has 2 N–H and O–H groups in total. The van der Waals surface area contributed by atoms with Crippen LogP contribution in [-0.2, 0) is 19.6 Å². The van der Waals surface area contributed by atoms with Crippen LogP contribution in [0.15, 0.2) is 0 Å². The Morgan fingerprint density at radius 2 is 2.08 bits per heavy atom. The molecular formula is C9H16N4. The molecule has 0 radical (unpaired) electrons. The topological polar surface area (TPSA) is 47.1 Å². The lowest BCUT2D eigenvalue weighted by Crippen LogP contribution is -2.17. The van der Waals surface area contributed by atoms with Crippen molar-refractivity contribution in [2.75, 3.05) is 12.3 Å². The third kappa shape index (κ3) is 1.21. The Hall–Kier alpha value is -1.03. The molecule has 1 aliphatic heterocycles. The number of aromatic nitrogens is 2. The number of anilines is 1. The molecule has 0 saturated heterocycles. The number of rotatable bonds is 2. The molecule has 0 aromatic carbocycles. The van der Waals surface area contributed by atoms with E-state index in [2.05, 4.69) is 23.8 Å². The number of nitrogens with zero attached hydrogens (tertiary/aromatic N) is 3. The van der Waals surface area contributed by atoms with E-state index < -0.39 is 0 Å². The minimum Gasteiger partial charge on any atom is -0.384 e. The molecule has 1 aromatic heterocycles. The van der Waals surface area contributed by atoms with Gasteiger partial charge in [0.25, 0.3) is 0 Å². The standard InChI is InChI=1S/C9H16N4/c1-3-12-5-7-8(6-12)11-13(4-2)9(7)10/h3-6,10H2,1-2H3. The maximum absolute atomic E-state index is 5.96. The molecule has 0 aliphatic carbocycles. The normalized spacial score (nSPS) is 16.5. The van der Waals surface area contributed by atoms with Gasteiger partial charge in [-0.3, -0.25) is 4.90 Å². The molecule has 4 heteroatoms. The first-order chi connectivity index (χ1) is 6.26. The summed E-state index contributed by atoms with van der Waals surface area (Å²) in [5, 5.41) is 4.46. The molecule has 0 unspecified atom stereocenters. The van der Waals surface area contributed by atoms with Crippen LogP contribution < -0.4 is 5.73 Å². The molecule has 13 heavy (non-hydrogen) atoms. The highest BCUT2D eigenvalue weighted by Gasteiger charge is 2.24. The average molecular weight is 180 g/mol. The van der Waals surface area contributed by atoms with Crippen LogP contribution in [0, 0.1) is 0 Å². The van der Waals surface area contributed by atoms with Crippen LogP contribution in [-0.4, -0.2) is 21.2 Å². The van der Waals surface area contributed by atoms with Crippen molar-refractivity contribution < 1.29 is 0 Å². The Kier molecular flexibility index (Phi) is 2.00. The lowest BCUT2D eigenvalue weighted by Gasteiger charge is -2.11. The molecule has 2 heterocycles. The quantitative estimate of drug-likeness (QED) is 0.733. The van der Waals surface area contributed by atoms with Gasteiger partial charge in [-0.15, -0.1) is 0 Å². The smallest absolute Gasteiger partial charge is 0.126 e. The highest BCUT2D eigenvalue weighted by atomic mass is 15.3. The van der Waals surface area contributed by atoms with Gasteiger partial charge in [0.2, 0.25) is 0 Å². The maximum Gasteiger partial charge on any atom is 0.126 e. The van der Waals surface area contributed by atoms with Gasteiger partial charge in [0.15, 0.2) is 0 Å². The third-order valence-corrected chi connectivity index (χ3v) is 2.68. The van der Waals surface area contributed by atoms with Crippen molar-refractivity contribution in [2.45, 2.75) is 33.5 Å². The van der Waals surface area contributed by atoms with Crippen LogP contribution in [0.1, 0.15) is 25.1 Å². The van der Waals surface area contributed by atoms with E-state index in [1.807, 2.05) is 4.68 Å². The number of aryl methyl sites for hydroxylation is 1. The Bertz CT molecular complexity index is 316. The van der Waals surface area contributed by atoms with Crippen LogP contribution in [0.2, 0.25) is 0 Å². The predicted octanol–water partition coefficient (Wildman–Crippen LogP) is 0.821. The second-order valence-corrected chi connectivity index (χ2v) is 3.43. The number of fused-ring (bicyclic) bond motifs is 1. The summed E-state index contributed by atoms with van der Waals surface area (Å²) in [6.07, 6.45) is 0. The maximum atomic E-state index is 5.96. The van der Waals surface area contributed by atoms with Gasteiger partial charge in [-0.2, -0.15) is 5.10 Å². The van der Waals surface area contributed by atoms with Gasteiger partial charge >= 0.3 is 0 Å².